The third kappa shape index (κ3) is 6.17. The van der Waals surface area contributed by atoms with Crippen molar-refractivity contribution in [3.05, 3.63) is 70.8 Å². The molecule has 1 heterocycles. The van der Waals surface area contributed by atoms with Crippen molar-refractivity contribution >= 4 is 5.91 Å². The van der Waals surface area contributed by atoms with Crippen molar-refractivity contribution in [3.63, 3.8) is 0 Å². The first-order valence-corrected chi connectivity index (χ1v) is 12.3. The fourth-order valence-corrected chi connectivity index (χ4v) is 4.95. The number of alkyl halides is 3. The van der Waals surface area contributed by atoms with Crippen molar-refractivity contribution in [3.8, 4) is 0 Å². The summed E-state index contributed by atoms with van der Waals surface area (Å²) in [7, 11) is 0. The second kappa shape index (κ2) is 10.9. The largest absolute Gasteiger partial charge is 0.416 e. The molecule has 0 aromatic heterocycles. The number of hydrogen-bond donors (Lipinski definition) is 1. The fraction of sp³-hybridized carbons (Fsp3) is 0.519. The van der Waals surface area contributed by atoms with Gasteiger partial charge in [-0.1, -0.05) is 24.3 Å². The molecule has 1 N–H and O–H groups in total. The number of amides is 1. The summed E-state index contributed by atoms with van der Waals surface area (Å²) in [5.74, 6) is -3.56. The second-order valence-electron chi connectivity index (χ2n) is 9.95. The molecule has 1 amide bonds. The van der Waals surface area contributed by atoms with Gasteiger partial charge in [0.1, 0.15) is 6.10 Å². The Morgan fingerprint density at radius 1 is 1.08 bits per heavy atom. The first kappa shape index (κ1) is 28.4. The topological polar surface area (TPSA) is 66.0 Å². The quantitative estimate of drug-likeness (QED) is 0.460. The summed E-state index contributed by atoms with van der Waals surface area (Å²) in [5, 5.41) is 2.73. The molecule has 0 bridgehead atoms. The molecule has 11 heteroatoms. The van der Waals surface area contributed by atoms with Gasteiger partial charge in [0.2, 0.25) is 0 Å². The Kier molecular flexibility index (Phi) is 8.13. The van der Waals surface area contributed by atoms with Crippen LogP contribution in [0.2, 0.25) is 0 Å². The number of fused-ring (bicyclic) bond motifs is 1. The third-order valence-corrected chi connectivity index (χ3v) is 6.65. The van der Waals surface area contributed by atoms with Crippen molar-refractivity contribution in [2.75, 3.05) is 6.54 Å². The minimum absolute atomic E-state index is 0.0150. The molecule has 1 unspecified atom stereocenters. The summed E-state index contributed by atoms with van der Waals surface area (Å²) in [4.78, 5) is 13.4. The highest BCUT2D eigenvalue weighted by Gasteiger charge is 2.58. The molecule has 1 aliphatic carbocycles. The van der Waals surface area contributed by atoms with E-state index in [1.165, 1.54) is 24.3 Å². The Morgan fingerprint density at radius 3 is 2.53 bits per heavy atom. The van der Waals surface area contributed by atoms with Crippen LogP contribution in [0.15, 0.2) is 42.5 Å². The van der Waals surface area contributed by atoms with E-state index in [1.54, 1.807) is 20.8 Å². The van der Waals surface area contributed by atoms with Crippen LogP contribution in [0.5, 0.6) is 0 Å². The number of nitrogens with one attached hydrogen (secondary N) is 1. The maximum absolute atomic E-state index is 14.3. The van der Waals surface area contributed by atoms with Crippen LogP contribution in [0, 0.1) is 11.6 Å². The van der Waals surface area contributed by atoms with Crippen LogP contribution in [0.25, 0.3) is 0 Å². The van der Waals surface area contributed by atoms with E-state index >= 15 is 0 Å². The molecule has 4 atom stereocenters. The van der Waals surface area contributed by atoms with Gasteiger partial charge in [-0.3, -0.25) is 4.79 Å². The van der Waals surface area contributed by atoms with E-state index in [0.29, 0.717) is 0 Å². The monoisotopic (exact) mass is 543 g/mol. The zero-order valence-corrected chi connectivity index (χ0v) is 21.2. The Bertz CT molecular complexity index is 1160. The number of hydrogen-bond acceptors (Lipinski definition) is 5. The van der Waals surface area contributed by atoms with E-state index < -0.39 is 59.0 Å². The summed E-state index contributed by atoms with van der Waals surface area (Å²) in [5.41, 5.74) is -2.16. The first-order chi connectivity index (χ1) is 17.8. The van der Waals surface area contributed by atoms with E-state index in [1.807, 2.05) is 0 Å². The van der Waals surface area contributed by atoms with Gasteiger partial charge in [-0.2, -0.15) is 13.2 Å². The van der Waals surface area contributed by atoms with Gasteiger partial charge >= 0.3 is 6.18 Å². The molecular formula is C27H30F5NO5. The Hall–Kier alpha value is -2.60. The molecule has 2 fully saturated rings. The predicted octanol–water partition coefficient (Wildman–Crippen LogP) is 5.27. The van der Waals surface area contributed by atoms with Crippen LogP contribution in [-0.2, 0) is 43.1 Å². The highest BCUT2D eigenvalue weighted by Crippen LogP contribution is 2.44. The predicted molar refractivity (Wildman–Crippen MR) is 126 cm³/mol. The molecule has 38 heavy (non-hydrogen) atoms. The fourth-order valence-electron chi connectivity index (χ4n) is 4.95. The molecule has 1 saturated heterocycles. The van der Waals surface area contributed by atoms with E-state index in [4.69, 9.17) is 18.9 Å². The molecule has 2 aliphatic rings. The van der Waals surface area contributed by atoms with Crippen LogP contribution in [0.1, 0.15) is 50.3 Å². The number of rotatable bonds is 8. The highest BCUT2D eigenvalue weighted by atomic mass is 19.4. The van der Waals surface area contributed by atoms with Crippen molar-refractivity contribution in [2.24, 2.45) is 0 Å². The number of benzene rings is 2. The molecular weight excluding hydrogens is 513 g/mol. The van der Waals surface area contributed by atoms with Gasteiger partial charge < -0.3 is 24.3 Å². The lowest BCUT2D eigenvalue weighted by Gasteiger charge is -2.43. The number of carbonyl (C=O) groups excluding carboxylic acids is 1. The van der Waals surface area contributed by atoms with Crippen LogP contribution in [0.3, 0.4) is 0 Å². The minimum atomic E-state index is -4.53. The van der Waals surface area contributed by atoms with Crippen molar-refractivity contribution in [2.45, 2.75) is 82.7 Å². The Balaban J connectivity index is 1.61. The van der Waals surface area contributed by atoms with Crippen molar-refractivity contribution in [1.82, 2.24) is 5.32 Å². The van der Waals surface area contributed by atoms with E-state index in [0.717, 1.165) is 18.2 Å². The number of ether oxygens (including phenoxy) is 4. The van der Waals surface area contributed by atoms with Gasteiger partial charge in [0.05, 0.1) is 31.0 Å². The normalized spacial score (nSPS) is 26.7. The molecule has 6 nitrogen and oxygen atoms in total. The summed E-state index contributed by atoms with van der Waals surface area (Å²) < 4.78 is 91.8. The van der Waals surface area contributed by atoms with Gasteiger partial charge in [-0.15, -0.1) is 0 Å². The standard InChI is InChI=1S/C27H30F5NO5/c1-4-33-24(34)26(36-14-16-7-5-9-18(11-16)27(30,31)32)12-20(23-21(13-26)37-25(2,3)38-23)35-15-17-8-6-10-19(28)22(17)29/h5-11,20-21,23H,4,12-15H2,1-3H3,(H,33,34)/t20?,21-,23+,26-/m1/s1. The van der Waals surface area contributed by atoms with Crippen LogP contribution < -0.4 is 5.32 Å². The van der Waals surface area contributed by atoms with Crippen molar-refractivity contribution < 1.29 is 45.7 Å². The van der Waals surface area contributed by atoms with E-state index in [9.17, 15) is 26.7 Å². The first-order valence-electron chi connectivity index (χ1n) is 12.3. The summed E-state index contributed by atoms with van der Waals surface area (Å²) in [6.45, 7) is 4.82. The zero-order valence-electron chi connectivity index (χ0n) is 21.2. The number of halogens is 5. The molecule has 1 aliphatic heterocycles. The summed E-state index contributed by atoms with van der Waals surface area (Å²) in [6, 6.07) is 8.41. The van der Waals surface area contributed by atoms with Crippen LogP contribution >= 0.6 is 0 Å². The molecule has 1 saturated carbocycles. The minimum Gasteiger partial charge on any atom is -0.370 e. The van der Waals surface area contributed by atoms with Crippen LogP contribution in [-0.4, -0.2) is 42.2 Å². The molecule has 2 aromatic carbocycles. The van der Waals surface area contributed by atoms with E-state index in [2.05, 4.69) is 5.32 Å². The summed E-state index contributed by atoms with van der Waals surface area (Å²) >= 11 is 0. The molecule has 0 spiro atoms. The average Bonchev–Trinajstić information content (AvgIpc) is 3.17. The molecule has 2 aromatic rings. The van der Waals surface area contributed by atoms with Gasteiger partial charge in [-0.25, -0.2) is 8.78 Å². The lowest BCUT2D eigenvalue weighted by molar-refractivity contribution is -0.183. The maximum atomic E-state index is 14.3. The maximum Gasteiger partial charge on any atom is 0.416 e. The Morgan fingerprint density at radius 2 is 1.82 bits per heavy atom. The van der Waals surface area contributed by atoms with E-state index in [-0.39, 0.29) is 43.7 Å². The summed E-state index contributed by atoms with van der Waals surface area (Å²) in [6.07, 6.45) is -6.65. The SMILES string of the molecule is CCNC(=O)[C@@]1(OCc2cccc(C(F)(F)F)c2)CC(OCc2cccc(F)c2F)[C@@H]2OC(C)(C)O[C@@H]2C1. The lowest BCUT2D eigenvalue weighted by Crippen LogP contribution is -2.60. The molecule has 208 valence electrons. The highest BCUT2D eigenvalue weighted by molar-refractivity contribution is 5.85. The Labute approximate surface area is 217 Å². The van der Waals surface area contributed by atoms with Crippen LogP contribution in [0.4, 0.5) is 22.0 Å². The smallest absolute Gasteiger partial charge is 0.370 e. The van der Waals surface area contributed by atoms with Crippen molar-refractivity contribution in [1.29, 1.82) is 0 Å². The zero-order chi connectivity index (χ0) is 27.7. The molecule has 4 rings (SSSR count). The molecule has 0 radical (unpaired) electrons. The average molecular weight is 544 g/mol. The number of carbonyl (C=O) groups is 1. The third-order valence-electron chi connectivity index (χ3n) is 6.65. The van der Waals surface area contributed by atoms with Gasteiger partial charge in [0.15, 0.2) is 23.0 Å². The van der Waals surface area contributed by atoms with Gasteiger partial charge in [0.25, 0.3) is 5.91 Å². The number of likely N-dealkylation sites (N-methyl/N-ethyl adjacent to an activating group) is 1. The second-order valence-corrected chi connectivity index (χ2v) is 9.95. The van der Waals surface area contributed by atoms with Gasteiger partial charge in [0, 0.05) is 24.9 Å². The van der Waals surface area contributed by atoms with Gasteiger partial charge in [-0.05, 0) is 44.5 Å². The lowest BCUT2D eigenvalue weighted by atomic mass is 9.78.